The molecule has 2 unspecified atom stereocenters. The minimum absolute atomic E-state index is 0.0426. The summed E-state index contributed by atoms with van der Waals surface area (Å²) in [6.07, 6.45) is 4.62. The predicted molar refractivity (Wildman–Crippen MR) is 69.5 cm³/mol. The van der Waals surface area contributed by atoms with Gasteiger partial charge in [-0.3, -0.25) is 9.48 Å². The summed E-state index contributed by atoms with van der Waals surface area (Å²) in [5.74, 6) is 0.109. The highest BCUT2D eigenvalue weighted by Crippen LogP contribution is 2.14. The highest BCUT2D eigenvalue weighted by Gasteiger charge is 2.28. The molecule has 0 spiro atoms. The topological polar surface area (TPSA) is 67.6 Å². The largest absolute Gasteiger partial charge is 0.394 e. The van der Waals surface area contributed by atoms with Crippen molar-refractivity contribution in [2.75, 3.05) is 19.8 Å². The van der Waals surface area contributed by atoms with Gasteiger partial charge in [0.15, 0.2) is 0 Å². The summed E-state index contributed by atoms with van der Waals surface area (Å²) in [5, 5.41) is 13.2. The Kier molecular flexibility index (Phi) is 4.55. The highest BCUT2D eigenvalue weighted by molar-refractivity contribution is 5.77. The highest BCUT2D eigenvalue weighted by atomic mass is 16.5. The summed E-state index contributed by atoms with van der Waals surface area (Å²) in [5.41, 5.74) is 1.07. The predicted octanol–water partition coefficient (Wildman–Crippen LogP) is -0.0391. The van der Waals surface area contributed by atoms with Gasteiger partial charge >= 0.3 is 0 Å². The third-order valence-corrected chi connectivity index (χ3v) is 3.42. The van der Waals surface area contributed by atoms with Gasteiger partial charge in [-0.2, -0.15) is 5.10 Å². The number of ether oxygens (including phenoxy) is 1. The summed E-state index contributed by atoms with van der Waals surface area (Å²) in [6.45, 7) is 2.89. The van der Waals surface area contributed by atoms with Gasteiger partial charge in [0.1, 0.15) is 0 Å². The number of carbonyl (C=O) groups excluding carboxylic acids is 1. The number of aryl methyl sites for hydroxylation is 2. The molecule has 1 aliphatic rings. The maximum atomic E-state index is 12.2. The standard InChI is InChI=1S/C13H21N3O3/c1-10-9-19-12(8-17)7-16(10)13(18)4-3-11-5-14-15(2)6-11/h5-6,10,12,17H,3-4,7-9H2,1-2H3. The molecular formula is C13H21N3O3. The Morgan fingerprint density at radius 3 is 3.05 bits per heavy atom. The number of aliphatic hydroxyl groups excluding tert-OH is 1. The van der Waals surface area contributed by atoms with Crippen molar-refractivity contribution < 1.29 is 14.6 Å². The Labute approximate surface area is 113 Å². The van der Waals surface area contributed by atoms with Crippen LogP contribution < -0.4 is 0 Å². The number of morpholine rings is 1. The lowest BCUT2D eigenvalue weighted by molar-refractivity contribution is -0.146. The van der Waals surface area contributed by atoms with Crippen LogP contribution in [0.1, 0.15) is 18.9 Å². The molecule has 1 aromatic rings. The molecule has 2 rings (SSSR count). The van der Waals surface area contributed by atoms with Gasteiger partial charge in [0.2, 0.25) is 5.91 Å². The second kappa shape index (κ2) is 6.16. The van der Waals surface area contributed by atoms with Gasteiger partial charge in [-0.1, -0.05) is 0 Å². The van der Waals surface area contributed by atoms with Crippen LogP contribution in [0.4, 0.5) is 0 Å². The number of amides is 1. The van der Waals surface area contributed by atoms with Crippen molar-refractivity contribution in [3.8, 4) is 0 Å². The maximum Gasteiger partial charge on any atom is 0.223 e. The lowest BCUT2D eigenvalue weighted by Crippen LogP contribution is -2.52. The van der Waals surface area contributed by atoms with Crippen LogP contribution >= 0.6 is 0 Å². The lowest BCUT2D eigenvalue weighted by atomic mass is 10.1. The number of hydrogen-bond acceptors (Lipinski definition) is 4. The van der Waals surface area contributed by atoms with Crippen LogP contribution in [0, 0.1) is 0 Å². The Balaban J connectivity index is 1.87. The first-order chi connectivity index (χ1) is 9.10. The van der Waals surface area contributed by atoms with E-state index in [9.17, 15) is 4.79 Å². The molecule has 1 N–H and O–H groups in total. The zero-order valence-corrected chi connectivity index (χ0v) is 11.5. The first kappa shape index (κ1) is 14.0. The molecule has 0 bridgehead atoms. The average molecular weight is 267 g/mol. The van der Waals surface area contributed by atoms with Crippen molar-refractivity contribution in [1.29, 1.82) is 0 Å². The fourth-order valence-electron chi connectivity index (χ4n) is 2.27. The molecule has 1 aliphatic heterocycles. The van der Waals surface area contributed by atoms with E-state index in [1.807, 2.05) is 20.2 Å². The molecular weight excluding hydrogens is 246 g/mol. The van der Waals surface area contributed by atoms with E-state index < -0.39 is 0 Å². The van der Waals surface area contributed by atoms with E-state index in [1.54, 1.807) is 15.8 Å². The van der Waals surface area contributed by atoms with E-state index in [0.717, 1.165) is 5.56 Å². The summed E-state index contributed by atoms with van der Waals surface area (Å²) in [4.78, 5) is 14.0. The van der Waals surface area contributed by atoms with E-state index >= 15 is 0 Å². The Morgan fingerprint density at radius 2 is 2.42 bits per heavy atom. The van der Waals surface area contributed by atoms with Crippen LogP contribution in [-0.2, 0) is 23.0 Å². The number of aliphatic hydroxyl groups is 1. The van der Waals surface area contributed by atoms with Crippen molar-refractivity contribution in [2.24, 2.45) is 7.05 Å². The maximum absolute atomic E-state index is 12.2. The molecule has 106 valence electrons. The second-order valence-corrected chi connectivity index (χ2v) is 5.06. The molecule has 1 fully saturated rings. The van der Waals surface area contributed by atoms with E-state index in [1.165, 1.54) is 0 Å². The molecule has 2 atom stereocenters. The molecule has 0 aliphatic carbocycles. The molecule has 0 radical (unpaired) electrons. The van der Waals surface area contributed by atoms with Crippen LogP contribution in [0.2, 0.25) is 0 Å². The quantitative estimate of drug-likeness (QED) is 0.831. The van der Waals surface area contributed by atoms with E-state index in [2.05, 4.69) is 5.10 Å². The van der Waals surface area contributed by atoms with Crippen LogP contribution in [0.15, 0.2) is 12.4 Å². The molecule has 6 heteroatoms. The molecule has 2 heterocycles. The van der Waals surface area contributed by atoms with Gasteiger partial charge in [-0.15, -0.1) is 0 Å². The van der Waals surface area contributed by atoms with Crippen molar-refractivity contribution in [3.05, 3.63) is 18.0 Å². The smallest absolute Gasteiger partial charge is 0.223 e. The van der Waals surface area contributed by atoms with E-state index in [0.29, 0.717) is 26.0 Å². The van der Waals surface area contributed by atoms with Gasteiger partial charge < -0.3 is 14.7 Å². The average Bonchev–Trinajstić information content (AvgIpc) is 2.82. The Hall–Kier alpha value is -1.40. The van der Waals surface area contributed by atoms with Gasteiger partial charge in [-0.05, 0) is 18.9 Å². The minimum Gasteiger partial charge on any atom is -0.394 e. The van der Waals surface area contributed by atoms with Crippen molar-refractivity contribution >= 4 is 5.91 Å². The normalized spacial score (nSPS) is 23.6. The number of aromatic nitrogens is 2. The number of nitrogens with zero attached hydrogens (tertiary/aromatic N) is 3. The fraction of sp³-hybridized carbons (Fsp3) is 0.692. The van der Waals surface area contributed by atoms with Crippen molar-refractivity contribution in [3.63, 3.8) is 0 Å². The molecule has 0 saturated carbocycles. The number of rotatable bonds is 4. The third kappa shape index (κ3) is 3.54. The molecule has 0 aromatic carbocycles. The van der Waals surface area contributed by atoms with E-state index in [-0.39, 0.29) is 24.7 Å². The fourth-order valence-corrected chi connectivity index (χ4v) is 2.27. The molecule has 6 nitrogen and oxygen atoms in total. The van der Waals surface area contributed by atoms with Crippen molar-refractivity contribution in [2.45, 2.75) is 31.9 Å². The van der Waals surface area contributed by atoms with Crippen LogP contribution in [0.25, 0.3) is 0 Å². The monoisotopic (exact) mass is 267 g/mol. The zero-order chi connectivity index (χ0) is 13.8. The Bertz CT molecular complexity index is 433. The van der Waals surface area contributed by atoms with Crippen molar-refractivity contribution in [1.82, 2.24) is 14.7 Å². The summed E-state index contributed by atoms with van der Waals surface area (Å²) >= 11 is 0. The van der Waals surface area contributed by atoms with Gasteiger partial charge in [0.05, 0.1) is 31.6 Å². The molecule has 19 heavy (non-hydrogen) atoms. The molecule has 1 amide bonds. The third-order valence-electron chi connectivity index (χ3n) is 3.42. The SMILES string of the molecule is CC1COC(CO)CN1C(=O)CCc1cnn(C)c1. The summed E-state index contributed by atoms with van der Waals surface area (Å²) in [6, 6.07) is 0.0733. The van der Waals surface area contributed by atoms with Crippen LogP contribution in [0.3, 0.4) is 0 Å². The summed E-state index contributed by atoms with van der Waals surface area (Å²) < 4.78 is 7.16. The minimum atomic E-state index is -0.251. The lowest BCUT2D eigenvalue weighted by Gasteiger charge is -2.37. The van der Waals surface area contributed by atoms with Crippen LogP contribution in [-0.4, -0.2) is 57.6 Å². The zero-order valence-electron chi connectivity index (χ0n) is 11.5. The number of hydrogen-bond donors (Lipinski definition) is 1. The summed E-state index contributed by atoms with van der Waals surface area (Å²) in [7, 11) is 1.86. The van der Waals surface area contributed by atoms with Crippen LogP contribution in [0.5, 0.6) is 0 Å². The van der Waals surface area contributed by atoms with Gasteiger partial charge in [0, 0.05) is 26.2 Å². The second-order valence-electron chi connectivity index (χ2n) is 5.06. The van der Waals surface area contributed by atoms with Gasteiger partial charge in [-0.25, -0.2) is 0 Å². The number of carbonyl (C=O) groups is 1. The molecule has 1 aromatic heterocycles. The first-order valence-electron chi connectivity index (χ1n) is 6.59. The molecule has 1 saturated heterocycles. The van der Waals surface area contributed by atoms with Gasteiger partial charge in [0.25, 0.3) is 0 Å². The first-order valence-corrected chi connectivity index (χ1v) is 6.59. The Morgan fingerprint density at radius 1 is 1.63 bits per heavy atom. The van der Waals surface area contributed by atoms with E-state index in [4.69, 9.17) is 9.84 Å².